The summed E-state index contributed by atoms with van der Waals surface area (Å²) in [6.07, 6.45) is -0.205. The number of carboxylic acids is 1. The molecule has 7 heteroatoms. The number of rotatable bonds is 5. The molecule has 1 aromatic carbocycles. The van der Waals surface area contributed by atoms with Gasteiger partial charge in [-0.15, -0.1) is 0 Å². The van der Waals surface area contributed by atoms with Crippen molar-refractivity contribution >= 4 is 23.7 Å². The molecule has 20 heavy (non-hydrogen) atoms. The van der Waals surface area contributed by atoms with Crippen LogP contribution in [0.3, 0.4) is 0 Å². The maximum absolute atomic E-state index is 11.7. The van der Waals surface area contributed by atoms with Crippen molar-refractivity contribution in [2.75, 3.05) is 12.4 Å². The van der Waals surface area contributed by atoms with Crippen molar-refractivity contribution < 1.29 is 24.2 Å². The molecule has 1 rings (SSSR count). The van der Waals surface area contributed by atoms with Gasteiger partial charge in [-0.25, -0.2) is 9.59 Å². The Kier molecular flexibility index (Phi) is 5.52. The first kappa shape index (κ1) is 15.5. The highest BCUT2D eigenvalue weighted by Gasteiger charge is 2.16. The number of para-hydroxylation sites is 1. The summed E-state index contributed by atoms with van der Waals surface area (Å²) in [7, 11) is 1.22. The van der Waals surface area contributed by atoms with E-state index in [0.29, 0.717) is 11.3 Å². The van der Waals surface area contributed by atoms with E-state index in [-0.39, 0.29) is 6.42 Å². The molecule has 2 amide bonds. The summed E-state index contributed by atoms with van der Waals surface area (Å²) < 4.78 is 4.48. The standard InChI is InChI=1S/C13H16N2O5/c1-8(12(18)20-2)14-13(19)15-10-6-4-3-5-9(10)7-11(16)17/h3-6,8H,7H2,1-2H3,(H,16,17)(H2,14,15,19). The average Bonchev–Trinajstić information content (AvgIpc) is 2.39. The first-order chi connectivity index (χ1) is 9.43. The van der Waals surface area contributed by atoms with Crippen LogP contribution in [0.4, 0.5) is 10.5 Å². The molecule has 0 spiro atoms. The summed E-state index contributed by atoms with van der Waals surface area (Å²) in [4.78, 5) is 33.6. The Morgan fingerprint density at radius 2 is 1.95 bits per heavy atom. The second kappa shape index (κ2) is 7.13. The maximum atomic E-state index is 11.7. The normalized spacial score (nSPS) is 11.3. The van der Waals surface area contributed by atoms with Crippen LogP contribution < -0.4 is 10.6 Å². The number of methoxy groups -OCH3 is 1. The smallest absolute Gasteiger partial charge is 0.328 e. The van der Waals surface area contributed by atoms with E-state index in [1.54, 1.807) is 24.3 Å². The number of anilines is 1. The van der Waals surface area contributed by atoms with Gasteiger partial charge in [-0.3, -0.25) is 4.79 Å². The summed E-state index contributed by atoms with van der Waals surface area (Å²) in [6, 6.07) is 5.13. The molecule has 0 aromatic heterocycles. The molecule has 3 N–H and O–H groups in total. The zero-order chi connectivity index (χ0) is 15.1. The minimum atomic E-state index is -0.998. The first-order valence-corrected chi connectivity index (χ1v) is 5.89. The van der Waals surface area contributed by atoms with E-state index in [1.165, 1.54) is 14.0 Å². The van der Waals surface area contributed by atoms with Crippen LogP contribution in [-0.2, 0) is 20.7 Å². The molecule has 1 aromatic rings. The fourth-order valence-electron chi connectivity index (χ4n) is 1.55. The lowest BCUT2D eigenvalue weighted by Crippen LogP contribution is -2.41. The Morgan fingerprint density at radius 3 is 2.55 bits per heavy atom. The predicted octanol–water partition coefficient (Wildman–Crippen LogP) is 0.997. The highest BCUT2D eigenvalue weighted by atomic mass is 16.5. The lowest BCUT2D eigenvalue weighted by molar-refractivity contribution is -0.142. The summed E-state index contributed by atoms with van der Waals surface area (Å²) in [6.45, 7) is 1.48. The molecule has 0 bridgehead atoms. The molecule has 0 saturated heterocycles. The molecule has 108 valence electrons. The van der Waals surface area contributed by atoms with Crippen LogP contribution in [0.1, 0.15) is 12.5 Å². The Hall–Kier alpha value is -2.57. The molecule has 0 aliphatic rings. The van der Waals surface area contributed by atoms with Crippen LogP contribution in [0, 0.1) is 0 Å². The summed E-state index contributed by atoms with van der Waals surface area (Å²) in [5.41, 5.74) is 0.852. The average molecular weight is 280 g/mol. The van der Waals surface area contributed by atoms with Crippen molar-refractivity contribution in [3.8, 4) is 0 Å². The van der Waals surface area contributed by atoms with Gasteiger partial charge < -0.3 is 20.5 Å². The monoisotopic (exact) mass is 280 g/mol. The van der Waals surface area contributed by atoms with Crippen molar-refractivity contribution in [1.82, 2.24) is 5.32 Å². The topological polar surface area (TPSA) is 105 Å². The number of hydrogen-bond donors (Lipinski definition) is 3. The van der Waals surface area contributed by atoms with Crippen molar-refractivity contribution in [2.24, 2.45) is 0 Å². The SMILES string of the molecule is COC(=O)C(C)NC(=O)Nc1ccccc1CC(=O)O. The summed E-state index contributed by atoms with van der Waals surface area (Å²) in [5, 5.41) is 13.7. The van der Waals surface area contributed by atoms with Gasteiger partial charge in [0.1, 0.15) is 6.04 Å². The maximum Gasteiger partial charge on any atom is 0.328 e. The highest BCUT2D eigenvalue weighted by molar-refractivity contribution is 5.93. The molecule has 0 aliphatic carbocycles. The highest BCUT2D eigenvalue weighted by Crippen LogP contribution is 2.15. The van der Waals surface area contributed by atoms with Gasteiger partial charge in [0.15, 0.2) is 0 Å². The number of carbonyl (C=O) groups is 3. The number of aliphatic carboxylic acids is 1. The van der Waals surface area contributed by atoms with Crippen LogP contribution in [-0.4, -0.2) is 36.2 Å². The number of esters is 1. The van der Waals surface area contributed by atoms with Crippen LogP contribution in [0.2, 0.25) is 0 Å². The zero-order valence-corrected chi connectivity index (χ0v) is 11.2. The van der Waals surface area contributed by atoms with Crippen molar-refractivity contribution in [3.05, 3.63) is 29.8 Å². The number of nitrogens with one attached hydrogen (secondary N) is 2. The largest absolute Gasteiger partial charge is 0.481 e. The number of carbonyl (C=O) groups excluding carboxylic acids is 2. The van der Waals surface area contributed by atoms with E-state index < -0.39 is 24.0 Å². The van der Waals surface area contributed by atoms with Gasteiger partial charge in [0.2, 0.25) is 0 Å². The van der Waals surface area contributed by atoms with Gasteiger partial charge in [0, 0.05) is 5.69 Å². The lowest BCUT2D eigenvalue weighted by atomic mass is 10.1. The van der Waals surface area contributed by atoms with Gasteiger partial charge in [-0.2, -0.15) is 0 Å². The van der Waals surface area contributed by atoms with Crippen molar-refractivity contribution in [3.63, 3.8) is 0 Å². The van der Waals surface area contributed by atoms with Gasteiger partial charge in [-0.05, 0) is 18.6 Å². The Bertz CT molecular complexity index is 515. The van der Waals surface area contributed by atoms with E-state index in [0.717, 1.165) is 0 Å². The van der Waals surface area contributed by atoms with Crippen LogP contribution >= 0.6 is 0 Å². The van der Waals surface area contributed by atoms with Crippen LogP contribution in [0.5, 0.6) is 0 Å². The predicted molar refractivity (Wildman–Crippen MR) is 71.4 cm³/mol. The molecule has 0 saturated carbocycles. The minimum absolute atomic E-state index is 0.205. The van der Waals surface area contributed by atoms with Crippen LogP contribution in [0.15, 0.2) is 24.3 Å². The number of benzene rings is 1. The second-order valence-electron chi connectivity index (χ2n) is 4.07. The van der Waals surface area contributed by atoms with Gasteiger partial charge in [0.05, 0.1) is 13.5 Å². The number of carboxylic acid groups (broad SMARTS) is 1. The second-order valence-corrected chi connectivity index (χ2v) is 4.07. The molecule has 0 fully saturated rings. The van der Waals surface area contributed by atoms with Gasteiger partial charge in [0.25, 0.3) is 0 Å². The van der Waals surface area contributed by atoms with Crippen molar-refractivity contribution in [1.29, 1.82) is 0 Å². The van der Waals surface area contributed by atoms with E-state index >= 15 is 0 Å². The molecule has 0 aliphatic heterocycles. The molecule has 7 nitrogen and oxygen atoms in total. The Labute approximate surface area is 115 Å². The first-order valence-electron chi connectivity index (χ1n) is 5.89. The molecule has 0 radical (unpaired) electrons. The minimum Gasteiger partial charge on any atom is -0.481 e. The number of hydrogen-bond acceptors (Lipinski definition) is 4. The van der Waals surface area contributed by atoms with E-state index in [9.17, 15) is 14.4 Å². The molecule has 1 atom stereocenters. The quantitative estimate of drug-likeness (QED) is 0.698. The number of urea groups is 1. The zero-order valence-electron chi connectivity index (χ0n) is 11.2. The number of amides is 2. The molecule has 0 heterocycles. The molecular formula is C13H16N2O5. The van der Waals surface area contributed by atoms with Gasteiger partial charge >= 0.3 is 18.0 Å². The third-order valence-corrected chi connectivity index (χ3v) is 2.51. The third kappa shape index (κ3) is 4.60. The summed E-state index contributed by atoms with van der Waals surface area (Å²) >= 11 is 0. The third-order valence-electron chi connectivity index (χ3n) is 2.51. The Morgan fingerprint density at radius 1 is 1.30 bits per heavy atom. The van der Waals surface area contributed by atoms with Crippen LogP contribution in [0.25, 0.3) is 0 Å². The molecular weight excluding hydrogens is 264 g/mol. The fourth-order valence-corrected chi connectivity index (χ4v) is 1.55. The van der Waals surface area contributed by atoms with Gasteiger partial charge in [-0.1, -0.05) is 18.2 Å². The summed E-state index contributed by atoms with van der Waals surface area (Å²) in [5.74, 6) is -1.57. The lowest BCUT2D eigenvalue weighted by Gasteiger charge is -2.14. The van der Waals surface area contributed by atoms with E-state index in [4.69, 9.17) is 5.11 Å². The van der Waals surface area contributed by atoms with E-state index in [2.05, 4.69) is 15.4 Å². The van der Waals surface area contributed by atoms with E-state index in [1.807, 2.05) is 0 Å². The fraction of sp³-hybridized carbons (Fsp3) is 0.308. The Balaban J connectivity index is 2.71. The molecule has 1 unspecified atom stereocenters. The van der Waals surface area contributed by atoms with Crippen molar-refractivity contribution in [2.45, 2.75) is 19.4 Å². The number of ether oxygens (including phenoxy) is 1.